The van der Waals surface area contributed by atoms with Gasteiger partial charge >= 0.3 is 0 Å². The van der Waals surface area contributed by atoms with Crippen LogP contribution in [0.1, 0.15) is 37.8 Å². The first-order valence-corrected chi connectivity index (χ1v) is 9.60. The fourth-order valence-corrected chi connectivity index (χ4v) is 3.33. The van der Waals surface area contributed by atoms with Crippen molar-refractivity contribution >= 4 is 11.9 Å². The van der Waals surface area contributed by atoms with Crippen molar-refractivity contribution in [3.63, 3.8) is 0 Å². The number of nitrogens with two attached hydrogens (primary N) is 1. The van der Waals surface area contributed by atoms with Gasteiger partial charge in [-0.05, 0) is 49.9 Å². The Labute approximate surface area is 162 Å². The number of guanidine groups is 1. The number of methoxy groups -OCH3 is 2. The maximum atomic E-state index is 12.6. The van der Waals surface area contributed by atoms with E-state index in [1.54, 1.807) is 14.2 Å². The molecule has 0 radical (unpaired) electrons. The lowest BCUT2D eigenvalue weighted by molar-refractivity contribution is -0.132. The average molecular weight is 377 g/mol. The third-order valence-corrected chi connectivity index (χ3v) is 4.98. The number of nitrogens with zero attached hydrogens (tertiary/aromatic N) is 3. The van der Waals surface area contributed by atoms with Crippen LogP contribution in [-0.4, -0.2) is 62.1 Å². The highest BCUT2D eigenvalue weighted by molar-refractivity contribution is 5.78. The quantitative estimate of drug-likeness (QED) is 0.427. The van der Waals surface area contributed by atoms with Crippen molar-refractivity contribution < 1.29 is 14.3 Å². The molecule has 1 heterocycles. The molecule has 7 heteroatoms. The van der Waals surface area contributed by atoms with Crippen LogP contribution in [0.5, 0.6) is 11.5 Å². The number of ether oxygens (including phenoxy) is 2. The molecule has 1 aromatic carbocycles. The Morgan fingerprint density at radius 1 is 1.19 bits per heavy atom. The molecule has 2 rings (SSSR count). The highest BCUT2D eigenvalue weighted by Gasteiger charge is 2.22. The maximum absolute atomic E-state index is 12.6. The summed E-state index contributed by atoms with van der Waals surface area (Å²) in [5.74, 6) is 2.15. The van der Waals surface area contributed by atoms with Gasteiger partial charge in [0.15, 0.2) is 17.5 Å². The van der Waals surface area contributed by atoms with E-state index in [-0.39, 0.29) is 5.91 Å². The van der Waals surface area contributed by atoms with Crippen molar-refractivity contribution in [3.8, 4) is 11.5 Å². The van der Waals surface area contributed by atoms with Crippen molar-refractivity contribution in [1.82, 2.24) is 9.80 Å². The molecule has 150 valence electrons. The standard InChI is InChI=1S/C20H32N4O3/c1-5-23(6-2)20(21)22-10-7-8-19(25)24-11-9-15-12-17(26-3)18(27-4)13-16(15)14-24/h12-13H,5-11,14H2,1-4H3,(H2,21,22). The number of hydrogen-bond donors (Lipinski definition) is 1. The summed E-state index contributed by atoms with van der Waals surface area (Å²) in [5.41, 5.74) is 8.30. The van der Waals surface area contributed by atoms with E-state index >= 15 is 0 Å². The fraction of sp³-hybridized carbons (Fsp3) is 0.600. The molecule has 1 amide bonds. The van der Waals surface area contributed by atoms with Gasteiger partial charge in [0.25, 0.3) is 0 Å². The molecule has 1 aliphatic rings. The Kier molecular flexibility index (Phi) is 7.76. The number of aliphatic imine (C=N–C) groups is 1. The first kappa shape index (κ1) is 20.9. The predicted molar refractivity (Wildman–Crippen MR) is 107 cm³/mol. The van der Waals surface area contributed by atoms with Crippen LogP contribution >= 0.6 is 0 Å². The summed E-state index contributed by atoms with van der Waals surface area (Å²) < 4.78 is 10.7. The fourth-order valence-electron chi connectivity index (χ4n) is 3.33. The molecule has 0 aliphatic carbocycles. The molecule has 1 aliphatic heterocycles. The Balaban J connectivity index is 1.89. The molecule has 7 nitrogen and oxygen atoms in total. The molecule has 27 heavy (non-hydrogen) atoms. The van der Waals surface area contributed by atoms with Crippen molar-refractivity contribution in [1.29, 1.82) is 0 Å². The van der Waals surface area contributed by atoms with E-state index in [0.29, 0.717) is 37.6 Å². The van der Waals surface area contributed by atoms with E-state index < -0.39 is 0 Å². The van der Waals surface area contributed by atoms with E-state index in [4.69, 9.17) is 15.2 Å². The maximum Gasteiger partial charge on any atom is 0.222 e. The second-order valence-corrected chi connectivity index (χ2v) is 6.56. The first-order valence-electron chi connectivity index (χ1n) is 9.60. The highest BCUT2D eigenvalue weighted by Crippen LogP contribution is 2.33. The van der Waals surface area contributed by atoms with Gasteiger partial charge in [-0.2, -0.15) is 0 Å². The number of carbonyl (C=O) groups is 1. The molecule has 0 bridgehead atoms. The second-order valence-electron chi connectivity index (χ2n) is 6.56. The third kappa shape index (κ3) is 5.28. The minimum Gasteiger partial charge on any atom is -0.493 e. The van der Waals surface area contributed by atoms with Gasteiger partial charge in [0.05, 0.1) is 14.2 Å². The number of benzene rings is 1. The van der Waals surface area contributed by atoms with Gasteiger partial charge in [0.2, 0.25) is 5.91 Å². The Bertz CT molecular complexity index is 671. The van der Waals surface area contributed by atoms with Crippen LogP contribution in [0.3, 0.4) is 0 Å². The Hall–Kier alpha value is -2.44. The van der Waals surface area contributed by atoms with Crippen LogP contribution < -0.4 is 15.2 Å². The van der Waals surface area contributed by atoms with E-state index in [0.717, 1.165) is 37.4 Å². The Morgan fingerprint density at radius 2 is 1.81 bits per heavy atom. The largest absolute Gasteiger partial charge is 0.493 e. The lowest BCUT2D eigenvalue weighted by Gasteiger charge is -2.29. The summed E-state index contributed by atoms with van der Waals surface area (Å²) in [4.78, 5) is 20.8. The summed E-state index contributed by atoms with van der Waals surface area (Å²) >= 11 is 0. The molecule has 0 atom stereocenters. The van der Waals surface area contributed by atoms with E-state index in [2.05, 4.69) is 4.99 Å². The minimum atomic E-state index is 0.159. The number of rotatable bonds is 8. The van der Waals surface area contributed by atoms with Crippen LogP contribution in [-0.2, 0) is 17.8 Å². The Morgan fingerprint density at radius 3 is 2.41 bits per heavy atom. The zero-order valence-electron chi connectivity index (χ0n) is 17.0. The summed E-state index contributed by atoms with van der Waals surface area (Å²) in [6, 6.07) is 3.99. The molecule has 0 aromatic heterocycles. The summed E-state index contributed by atoms with van der Waals surface area (Å²) in [5, 5.41) is 0. The number of fused-ring (bicyclic) bond motifs is 1. The molecular weight excluding hydrogens is 344 g/mol. The lowest BCUT2D eigenvalue weighted by atomic mass is 9.98. The van der Waals surface area contributed by atoms with Gasteiger partial charge in [-0.15, -0.1) is 0 Å². The molecule has 0 saturated carbocycles. The zero-order chi connectivity index (χ0) is 19.8. The number of hydrogen-bond acceptors (Lipinski definition) is 4. The van der Waals surface area contributed by atoms with E-state index in [1.165, 1.54) is 5.56 Å². The van der Waals surface area contributed by atoms with Gasteiger partial charge < -0.3 is 25.0 Å². The number of amides is 1. The normalized spacial score (nSPS) is 13.9. The molecule has 0 spiro atoms. The van der Waals surface area contributed by atoms with Gasteiger partial charge in [-0.25, -0.2) is 0 Å². The zero-order valence-corrected chi connectivity index (χ0v) is 17.0. The average Bonchev–Trinajstić information content (AvgIpc) is 2.70. The smallest absolute Gasteiger partial charge is 0.222 e. The minimum absolute atomic E-state index is 0.159. The van der Waals surface area contributed by atoms with Gasteiger partial charge in [-0.3, -0.25) is 9.79 Å². The van der Waals surface area contributed by atoms with E-state index in [9.17, 15) is 4.79 Å². The second kappa shape index (κ2) is 10.0. The van der Waals surface area contributed by atoms with Crippen LogP contribution in [0, 0.1) is 0 Å². The summed E-state index contributed by atoms with van der Waals surface area (Å²) in [6.45, 7) is 7.69. The lowest BCUT2D eigenvalue weighted by Crippen LogP contribution is -2.37. The molecule has 0 fully saturated rings. The van der Waals surface area contributed by atoms with Crippen molar-refractivity contribution in [2.45, 2.75) is 39.7 Å². The van der Waals surface area contributed by atoms with E-state index in [1.807, 2.05) is 35.8 Å². The van der Waals surface area contributed by atoms with Crippen LogP contribution in [0.25, 0.3) is 0 Å². The van der Waals surface area contributed by atoms with Crippen LogP contribution in [0.2, 0.25) is 0 Å². The van der Waals surface area contributed by atoms with Gasteiger partial charge in [0, 0.05) is 39.1 Å². The molecular formula is C20H32N4O3. The van der Waals surface area contributed by atoms with Crippen molar-refractivity contribution in [2.24, 2.45) is 10.7 Å². The summed E-state index contributed by atoms with van der Waals surface area (Å²) in [6.07, 6.45) is 2.02. The summed E-state index contributed by atoms with van der Waals surface area (Å²) in [7, 11) is 3.26. The number of carbonyl (C=O) groups excluding carboxylic acids is 1. The topological polar surface area (TPSA) is 80.4 Å². The highest BCUT2D eigenvalue weighted by atomic mass is 16.5. The SMILES string of the molecule is CCN(CC)C(N)=NCCCC(=O)N1CCc2cc(OC)c(OC)cc2C1. The van der Waals surface area contributed by atoms with Crippen LogP contribution in [0.15, 0.2) is 17.1 Å². The molecule has 0 saturated heterocycles. The molecule has 0 unspecified atom stereocenters. The van der Waals surface area contributed by atoms with Crippen molar-refractivity contribution in [2.75, 3.05) is 40.4 Å². The first-order chi connectivity index (χ1) is 13.0. The predicted octanol–water partition coefficient (Wildman–Crippen LogP) is 2.03. The monoisotopic (exact) mass is 376 g/mol. The molecule has 2 N–H and O–H groups in total. The van der Waals surface area contributed by atoms with Crippen LogP contribution in [0.4, 0.5) is 0 Å². The van der Waals surface area contributed by atoms with Gasteiger partial charge in [-0.1, -0.05) is 0 Å². The molecule has 1 aromatic rings. The third-order valence-electron chi connectivity index (χ3n) is 4.98. The van der Waals surface area contributed by atoms with Crippen molar-refractivity contribution in [3.05, 3.63) is 23.3 Å². The van der Waals surface area contributed by atoms with Gasteiger partial charge in [0.1, 0.15) is 0 Å².